The third-order valence-electron chi connectivity index (χ3n) is 2.89. The average molecular weight is 332 g/mol. The van der Waals surface area contributed by atoms with Crippen LogP contribution in [0, 0.1) is 3.57 Å². The van der Waals surface area contributed by atoms with Crippen molar-refractivity contribution in [2.75, 3.05) is 23.8 Å². The largest absolute Gasteiger partial charge is 0.399 e. The van der Waals surface area contributed by atoms with E-state index in [9.17, 15) is 0 Å². The smallest absolute Gasteiger partial charge is 0.0723 e. The third-order valence-corrected chi connectivity index (χ3v) is 3.75. The van der Waals surface area contributed by atoms with Crippen LogP contribution >= 0.6 is 22.6 Å². The molecule has 0 aromatic heterocycles. The predicted molar refractivity (Wildman–Crippen MR) is 75.8 cm³/mol. The molecule has 0 bridgehead atoms. The second-order valence-electron chi connectivity index (χ2n) is 4.36. The highest BCUT2D eigenvalue weighted by molar-refractivity contribution is 14.1. The molecule has 1 aliphatic rings. The highest BCUT2D eigenvalue weighted by Gasteiger charge is 2.24. The Kier molecular flexibility index (Phi) is 3.59. The number of ether oxygens (including phenoxy) is 1. The summed E-state index contributed by atoms with van der Waals surface area (Å²) in [5, 5.41) is 0. The number of benzene rings is 1. The predicted octanol–water partition coefficient (Wildman–Crippen LogP) is 2.49. The summed E-state index contributed by atoms with van der Waals surface area (Å²) in [4.78, 5) is 2.40. The van der Waals surface area contributed by atoms with Crippen molar-refractivity contribution in [3.8, 4) is 0 Å². The summed E-state index contributed by atoms with van der Waals surface area (Å²) in [6, 6.07) is 6.51. The molecule has 1 heterocycles. The lowest BCUT2D eigenvalue weighted by molar-refractivity contribution is 0.0343. The van der Waals surface area contributed by atoms with E-state index in [4.69, 9.17) is 10.5 Å². The molecule has 1 aliphatic heterocycles. The molecule has 0 radical (unpaired) electrons. The Bertz CT molecular complexity index is 383. The molecule has 1 aromatic rings. The Hall–Kier alpha value is -0.490. The maximum Gasteiger partial charge on any atom is 0.0723 e. The first kappa shape index (κ1) is 12.0. The monoisotopic (exact) mass is 332 g/mol. The SMILES string of the molecule is CC1CN(c2ccc(N)cc2I)C(C)CO1. The molecule has 0 spiro atoms. The minimum atomic E-state index is 0.296. The molecular formula is C12H17IN2O. The van der Waals surface area contributed by atoms with Crippen LogP contribution in [0.2, 0.25) is 0 Å². The minimum absolute atomic E-state index is 0.296. The molecule has 0 amide bonds. The van der Waals surface area contributed by atoms with Crippen LogP contribution in [-0.4, -0.2) is 25.3 Å². The van der Waals surface area contributed by atoms with Gasteiger partial charge in [-0.05, 0) is 54.6 Å². The fraction of sp³-hybridized carbons (Fsp3) is 0.500. The maximum atomic E-state index is 5.77. The molecule has 4 heteroatoms. The number of nitrogens with two attached hydrogens (primary N) is 1. The molecular weight excluding hydrogens is 315 g/mol. The van der Waals surface area contributed by atoms with Crippen LogP contribution in [0.3, 0.4) is 0 Å². The number of hydrogen-bond donors (Lipinski definition) is 1. The van der Waals surface area contributed by atoms with Gasteiger partial charge >= 0.3 is 0 Å². The number of nitrogen functional groups attached to an aromatic ring is 1. The number of anilines is 2. The first-order valence-corrected chi connectivity index (χ1v) is 6.59. The highest BCUT2D eigenvalue weighted by atomic mass is 127. The van der Waals surface area contributed by atoms with Gasteiger partial charge < -0.3 is 15.4 Å². The van der Waals surface area contributed by atoms with Crippen molar-refractivity contribution >= 4 is 34.0 Å². The first-order valence-electron chi connectivity index (χ1n) is 5.51. The summed E-state index contributed by atoms with van der Waals surface area (Å²) >= 11 is 2.34. The molecule has 2 atom stereocenters. The molecule has 88 valence electrons. The molecule has 2 unspecified atom stereocenters. The van der Waals surface area contributed by atoms with Crippen molar-refractivity contribution in [3.05, 3.63) is 21.8 Å². The quantitative estimate of drug-likeness (QED) is 0.634. The van der Waals surface area contributed by atoms with E-state index in [1.54, 1.807) is 0 Å². The van der Waals surface area contributed by atoms with Crippen molar-refractivity contribution in [1.82, 2.24) is 0 Å². The van der Waals surface area contributed by atoms with Gasteiger partial charge in [0.1, 0.15) is 0 Å². The Balaban J connectivity index is 2.28. The van der Waals surface area contributed by atoms with Crippen molar-refractivity contribution in [2.24, 2.45) is 0 Å². The van der Waals surface area contributed by atoms with E-state index >= 15 is 0 Å². The number of rotatable bonds is 1. The Morgan fingerprint density at radius 1 is 1.44 bits per heavy atom. The van der Waals surface area contributed by atoms with Crippen molar-refractivity contribution < 1.29 is 4.74 Å². The molecule has 1 aromatic carbocycles. The van der Waals surface area contributed by atoms with Gasteiger partial charge in [0.2, 0.25) is 0 Å². The van der Waals surface area contributed by atoms with Gasteiger partial charge in [-0.3, -0.25) is 0 Å². The lowest BCUT2D eigenvalue weighted by Gasteiger charge is -2.39. The Morgan fingerprint density at radius 2 is 2.19 bits per heavy atom. The van der Waals surface area contributed by atoms with Gasteiger partial charge in [0.25, 0.3) is 0 Å². The maximum absolute atomic E-state index is 5.77. The fourth-order valence-electron chi connectivity index (χ4n) is 2.00. The fourth-order valence-corrected chi connectivity index (χ4v) is 2.84. The zero-order valence-corrected chi connectivity index (χ0v) is 11.8. The molecule has 3 nitrogen and oxygen atoms in total. The van der Waals surface area contributed by atoms with Gasteiger partial charge in [-0.25, -0.2) is 0 Å². The summed E-state index contributed by atoms with van der Waals surface area (Å²) in [6.45, 7) is 6.05. The van der Waals surface area contributed by atoms with Gasteiger partial charge in [0, 0.05) is 21.8 Å². The Labute approximate surface area is 110 Å². The molecule has 0 saturated carbocycles. The van der Waals surface area contributed by atoms with Crippen molar-refractivity contribution in [1.29, 1.82) is 0 Å². The summed E-state index contributed by atoms with van der Waals surface area (Å²) in [5.41, 5.74) is 7.85. The van der Waals surface area contributed by atoms with Crippen molar-refractivity contribution in [2.45, 2.75) is 26.0 Å². The minimum Gasteiger partial charge on any atom is -0.399 e. The van der Waals surface area contributed by atoms with Crippen LogP contribution in [0.4, 0.5) is 11.4 Å². The summed E-state index contributed by atoms with van der Waals surface area (Å²) in [7, 11) is 0. The number of halogens is 1. The Morgan fingerprint density at radius 3 is 2.88 bits per heavy atom. The summed E-state index contributed by atoms with van der Waals surface area (Å²) in [6.07, 6.45) is 0.296. The standard InChI is InChI=1S/C12H17IN2O/c1-8-7-16-9(2)6-15(8)12-4-3-10(14)5-11(12)13/h3-5,8-9H,6-7,14H2,1-2H3. The van der Waals surface area contributed by atoms with Gasteiger partial charge in [-0.2, -0.15) is 0 Å². The average Bonchev–Trinajstić information content (AvgIpc) is 2.22. The van der Waals surface area contributed by atoms with Gasteiger partial charge in [-0.15, -0.1) is 0 Å². The van der Waals surface area contributed by atoms with Crippen LogP contribution in [0.5, 0.6) is 0 Å². The van der Waals surface area contributed by atoms with E-state index < -0.39 is 0 Å². The number of morpholine rings is 1. The van der Waals surface area contributed by atoms with Crippen LogP contribution in [0.25, 0.3) is 0 Å². The molecule has 0 aliphatic carbocycles. The third kappa shape index (κ3) is 2.43. The normalized spacial score (nSPS) is 25.8. The number of nitrogens with zero attached hydrogens (tertiary/aromatic N) is 1. The van der Waals surface area contributed by atoms with Crippen molar-refractivity contribution in [3.63, 3.8) is 0 Å². The summed E-state index contributed by atoms with van der Waals surface area (Å²) < 4.78 is 6.84. The van der Waals surface area contributed by atoms with E-state index in [2.05, 4.69) is 47.4 Å². The lowest BCUT2D eigenvalue weighted by atomic mass is 10.1. The zero-order valence-electron chi connectivity index (χ0n) is 9.61. The van der Waals surface area contributed by atoms with Gasteiger partial charge in [0.15, 0.2) is 0 Å². The summed E-state index contributed by atoms with van der Waals surface area (Å²) in [5.74, 6) is 0. The molecule has 2 N–H and O–H groups in total. The van der Waals surface area contributed by atoms with Crippen LogP contribution < -0.4 is 10.6 Å². The molecule has 16 heavy (non-hydrogen) atoms. The molecule has 1 fully saturated rings. The van der Waals surface area contributed by atoms with E-state index in [0.29, 0.717) is 12.1 Å². The van der Waals surface area contributed by atoms with Crippen LogP contribution in [-0.2, 0) is 4.74 Å². The lowest BCUT2D eigenvalue weighted by Crippen LogP contribution is -2.47. The van der Waals surface area contributed by atoms with E-state index in [0.717, 1.165) is 18.8 Å². The van der Waals surface area contributed by atoms with Crippen LogP contribution in [0.15, 0.2) is 18.2 Å². The molecule has 2 rings (SSSR count). The van der Waals surface area contributed by atoms with Gasteiger partial charge in [-0.1, -0.05) is 0 Å². The number of hydrogen-bond acceptors (Lipinski definition) is 3. The van der Waals surface area contributed by atoms with E-state index in [1.807, 2.05) is 12.1 Å². The second kappa shape index (κ2) is 4.79. The van der Waals surface area contributed by atoms with E-state index in [-0.39, 0.29) is 0 Å². The highest BCUT2D eigenvalue weighted by Crippen LogP contribution is 2.28. The van der Waals surface area contributed by atoms with E-state index in [1.165, 1.54) is 9.26 Å². The topological polar surface area (TPSA) is 38.5 Å². The van der Waals surface area contributed by atoms with Crippen LogP contribution in [0.1, 0.15) is 13.8 Å². The zero-order chi connectivity index (χ0) is 11.7. The first-order chi connectivity index (χ1) is 7.58. The van der Waals surface area contributed by atoms with Gasteiger partial charge in [0.05, 0.1) is 18.4 Å². The molecule has 1 saturated heterocycles. The second-order valence-corrected chi connectivity index (χ2v) is 5.52.